The van der Waals surface area contributed by atoms with Crippen molar-refractivity contribution in [2.45, 2.75) is 26.9 Å². The molecule has 0 aliphatic carbocycles. The van der Waals surface area contributed by atoms with E-state index in [-0.39, 0.29) is 11.1 Å². The van der Waals surface area contributed by atoms with E-state index >= 15 is 0 Å². The molecule has 0 amide bonds. The lowest BCUT2D eigenvalue weighted by atomic mass is 10.2. The van der Waals surface area contributed by atoms with Crippen molar-refractivity contribution < 1.29 is 46.7 Å². The first-order valence-corrected chi connectivity index (χ1v) is 19.8. The molecule has 0 saturated carbocycles. The van der Waals surface area contributed by atoms with E-state index in [9.17, 15) is 41.9 Å². The van der Waals surface area contributed by atoms with Crippen molar-refractivity contribution in [1.82, 2.24) is 48.1 Å². The molecule has 342 valence electrons. The highest BCUT2D eigenvalue weighted by Crippen LogP contribution is 2.30. The molecule has 0 radical (unpaired) electrons. The number of aromatic nitrogens is 10. The standard InChI is InChI=1S/C10H8N2O3.C10H10N2O.C9H5F3N2O.C9H5N3O.C9H8N2O/c1-15-10(14)7-2-3-12-9(4-7)8(6-13)5-11-12;1-7-3-4-12-10(5-7)9(6-13)8(2)11-12;10-9(11,12)7-1-2-14-8(3-7)6(5-15)4-13-14;10-4-7-1-2-12-9(3-7)8(6-13)5-11-12;1-7-2-3-11-9(4-7)8(6-12)5-10-11/h2-6H,1H3;3-6H,1-2H3;1-5H;1-3,5-6H;2-6H,1H3. The van der Waals surface area contributed by atoms with Crippen LogP contribution in [0.3, 0.4) is 0 Å². The lowest BCUT2D eigenvalue weighted by Gasteiger charge is -2.06. The first-order valence-electron chi connectivity index (χ1n) is 19.8. The van der Waals surface area contributed by atoms with Gasteiger partial charge in [0.1, 0.15) is 0 Å². The van der Waals surface area contributed by atoms with E-state index in [2.05, 4.69) is 30.2 Å². The SMILES string of the molecule is COC(=O)c1ccn2ncc(C=O)c2c1.Cc1ccn2nc(C)c(C=O)c2c1.Cc1ccn2ncc(C=O)c2c1.N#Cc1ccn2ncc(C=O)c2c1.O=Cc1cnn2ccc(C(F)(F)F)cc12. The topological polar surface area (TPSA) is 222 Å². The molecular formula is C47H36F3N11O7. The maximum Gasteiger partial charge on any atom is 0.416 e. The fourth-order valence-corrected chi connectivity index (χ4v) is 6.39. The minimum absolute atomic E-state index is 0.140. The zero-order chi connectivity index (χ0) is 49.1. The van der Waals surface area contributed by atoms with Crippen molar-refractivity contribution in [2.24, 2.45) is 0 Å². The number of ether oxygens (including phenoxy) is 1. The predicted molar refractivity (Wildman–Crippen MR) is 238 cm³/mol. The number of esters is 1. The quantitative estimate of drug-likeness (QED) is 0.118. The summed E-state index contributed by atoms with van der Waals surface area (Å²) in [5.41, 5.74) is 8.73. The van der Waals surface area contributed by atoms with E-state index in [0.29, 0.717) is 57.0 Å². The summed E-state index contributed by atoms with van der Waals surface area (Å²) in [7, 11) is 1.31. The van der Waals surface area contributed by atoms with Gasteiger partial charge in [0.15, 0.2) is 31.4 Å². The van der Waals surface area contributed by atoms with Crippen molar-refractivity contribution in [2.75, 3.05) is 7.11 Å². The Kier molecular flexibility index (Phi) is 14.8. The number of nitriles is 1. The Morgan fingerprint density at radius 1 is 0.574 bits per heavy atom. The molecule has 0 saturated heterocycles. The van der Waals surface area contributed by atoms with Gasteiger partial charge < -0.3 is 4.74 Å². The second-order valence-electron chi connectivity index (χ2n) is 14.4. The Morgan fingerprint density at radius 3 is 1.47 bits per heavy atom. The van der Waals surface area contributed by atoms with Gasteiger partial charge in [-0.15, -0.1) is 0 Å². The number of pyridine rings is 5. The summed E-state index contributed by atoms with van der Waals surface area (Å²) in [6.07, 6.45) is 13.0. The van der Waals surface area contributed by atoms with Crippen molar-refractivity contribution >= 4 is 65.0 Å². The fourth-order valence-electron chi connectivity index (χ4n) is 6.39. The Bertz CT molecular complexity index is 3540. The summed E-state index contributed by atoms with van der Waals surface area (Å²) in [6, 6.07) is 18.1. The van der Waals surface area contributed by atoms with Crippen LogP contribution in [0.15, 0.2) is 116 Å². The summed E-state index contributed by atoms with van der Waals surface area (Å²) in [5.74, 6) is -0.435. The first kappa shape index (κ1) is 48.0. The van der Waals surface area contributed by atoms with Crippen LogP contribution in [0.25, 0.3) is 27.6 Å². The van der Waals surface area contributed by atoms with E-state index in [4.69, 9.17) is 5.26 Å². The number of hydrogen-bond donors (Lipinski definition) is 0. The molecular weight excluding hydrogens is 888 g/mol. The van der Waals surface area contributed by atoms with Gasteiger partial charge in [0.05, 0.1) is 116 Å². The third-order valence-electron chi connectivity index (χ3n) is 9.88. The van der Waals surface area contributed by atoms with Crippen LogP contribution in [-0.2, 0) is 10.9 Å². The van der Waals surface area contributed by atoms with Crippen molar-refractivity contribution in [3.05, 3.63) is 178 Å². The van der Waals surface area contributed by atoms with Gasteiger partial charge in [0.25, 0.3) is 0 Å². The minimum Gasteiger partial charge on any atom is -0.465 e. The monoisotopic (exact) mass is 923 g/mol. The second kappa shape index (κ2) is 21.0. The van der Waals surface area contributed by atoms with Gasteiger partial charge in [-0.25, -0.2) is 27.4 Å². The van der Waals surface area contributed by atoms with Gasteiger partial charge >= 0.3 is 12.1 Å². The van der Waals surface area contributed by atoms with Gasteiger partial charge in [0, 0.05) is 31.0 Å². The van der Waals surface area contributed by atoms with Crippen molar-refractivity contribution in [3.63, 3.8) is 0 Å². The Labute approximate surface area is 382 Å². The highest BCUT2D eigenvalue weighted by atomic mass is 19.4. The number of nitrogens with zero attached hydrogens (tertiary/aromatic N) is 11. The van der Waals surface area contributed by atoms with E-state index in [1.165, 1.54) is 40.9 Å². The molecule has 10 heterocycles. The van der Waals surface area contributed by atoms with Crippen LogP contribution in [0.1, 0.15) is 90.1 Å². The van der Waals surface area contributed by atoms with E-state index < -0.39 is 17.7 Å². The lowest BCUT2D eigenvalue weighted by Crippen LogP contribution is -2.05. The number of carbonyl (C=O) groups excluding carboxylic acids is 6. The molecule has 0 unspecified atom stereocenters. The molecule has 0 spiro atoms. The average molecular weight is 924 g/mol. The largest absolute Gasteiger partial charge is 0.465 e. The number of alkyl halides is 3. The Balaban J connectivity index is 0.000000140. The van der Waals surface area contributed by atoms with Crippen LogP contribution in [0.5, 0.6) is 0 Å². The summed E-state index contributed by atoms with van der Waals surface area (Å²) in [4.78, 5) is 64.3. The zero-order valence-electron chi connectivity index (χ0n) is 36.3. The molecule has 10 rings (SSSR count). The number of aryl methyl sites for hydroxylation is 3. The summed E-state index contributed by atoms with van der Waals surface area (Å²) >= 11 is 0. The highest BCUT2D eigenvalue weighted by molar-refractivity contribution is 5.93. The molecule has 68 heavy (non-hydrogen) atoms. The van der Waals surface area contributed by atoms with E-state index in [1.807, 2.05) is 63.5 Å². The normalized spacial score (nSPS) is 10.6. The molecule has 10 aromatic heterocycles. The molecule has 0 aliphatic rings. The number of hydrogen-bond acceptors (Lipinski definition) is 13. The van der Waals surface area contributed by atoms with Gasteiger partial charge in [0.2, 0.25) is 0 Å². The number of carbonyl (C=O) groups is 6. The summed E-state index contributed by atoms with van der Waals surface area (Å²) in [5, 5.41) is 28.5. The van der Waals surface area contributed by atoms with Crippen LogP contribution in [-0.4, -0.2) is 92.6 Å². The third-order valence-corrected chi connectivity index (χ3v) is 9.88. The van der Waals surface area contributed by atoms with Crippen LogP contribution in [0.2, 0.25) is 0 Å². The minimum atomic E-state index is -4.41. The van der Waals surface area contributed by atoms with Crippen LogP contribution < -0.4 is 0 Å². The van der Waals surface area contributed by atoms with Gasteiger partial charge in [-0.3, -0.25) is 24.0 Å². The Hall–Kier alpha value is -9.45. The smallest absolute Gasteiger partial charge is 0.416 e. The fraction of sp³-hybridized carbons (Fsp3) is 0.106. The number of fused-ring (bicyclic) bond motifs is 5. The molecule has 0 bridgehead atoms. The number of aldehydes is 5. The molecule has 0 fully saturated rings. The maximum atomic E-state index is 12.3. The lowest BCUT2D eigenvalue weighted by molar-refractivity contribution is -0.137. The van der Waals surface area contributed by atoms with Crippen LogP contribution >= 0.6 is 0 Å². The number of halogens is 3. The molecule has 10 aromatic rings. The van der Waals surface area contributed by atoms with E-state index in [0.717, 1.165) is 58.8 Å². The zero-order valence-corrected chi connectivity index (χ0v) is 36.3. The van der Waals surface area contributed by atoms with Gasteiger partial charge in [-0.2, -0.15) is 43.9 Å². The predicted octanol–water partition coefficient (Wildman–Crippen LogP) is 7.34. The summed E-state index contributed by atoms with van der Waals surface area (Å²) in [6.45, 7) is 5.82. The molecule has 21 heteroatoms. The number of rotatable bonds is 6. The number of methoxy groups -OCH3 is 1. The Morgan fingerprint density at radius 2 is 1.00 bits per heavy atom. The average Bonchev–Trinajstić information content (AvgIpc) is 4.20. The second-order valence-corrected chi connectivity index (χ2v) is 14.4. The van der Waals surface area contributed by atoms with Gasteiger partial charge in [-0.05, 0) is 92.6 Å². The molecule has 0 aliphatic heterocycles. The van der Waals surface area contributed by atoms with E-state index in [1.54, 1.807) is 56.4 Å². The van der Waals surface area contributed by atoms with Crippen molar-refractivity contribution in [1.29, 1.82) is 5.26 Å². The van der Waals surface area contributed by atoms with Crippen LogP contribution in [0, 0.1) is 32.1 Å². The molecule has 0 N–H and O–H groups in total. The van der Waals surface area contributed by atoms with Gasteiger partial charge in [-0.1, -0.05) is 0 Å². The molecule has 0 atom stereocenters. The first-order chi connectivity index (χ1) is 32.7. The third kappa shape index (κ3) is 10.7. The summed E-state index contributed by atoms with van der Waals surface area (Å²) < 4.78 is 49.3. The molecule has 18 nitrogen and oxygen atoms in total. The highest BCUT2D eigenvalue weighted by Gasteiger charge is 2.31. The molecule has 0 aromatic carbocycles. The maximum absolute atomic E-state index is 12.3. The van der Waals surface area contributed by atoms with Crippen LogP contribution in [0.4, 0.5) is 13.2 Å². The van der Waals surface area contributed by atoms with Crippen molar-refractivity contribution in [3.8, 4) is 6.07 Å².